The van der Waals surface area contributed by atoms with Gasteiger partial charge in [0.25, 0.3) is 0 Å². The minimum absolute atomic E-state index is 0.133. The highest BCUT2D eigenvalue weighted by molar-refractivity contribution is 5.91. The van der Waals surface area contributed by atoms with Gasteiger partial charge < -0.3 is 26.8 Å². The van der Waals surface area contributed by atoms with Crippen LogP contribution in [-0.4, -0.2) is 27.3 Å². The van der Waals surface area contributed by atoms with Gasteiger partial charge >= 0.3 is 11.9 Å². The number of carbonyl (C=O) groups is 2. The first-order chi connectivity index (χ1) is 10.8. The number of phenols is 1. The quantitative estimate of drug-likeness (QED) is 0.427. The van der Waals surface area contributed by atoms with Gasteiger partial charge in [-0.05, 0) is 36.2 Å². The molecular formula is C16H18N2O5. The maximum absolute atomic E-state index is 10.4. The van der Waals surface area contributed by atoms with Crippen molar-refractivity contribution in [2.45, 2.75) is 12.8 Å². The van der Waals surface area contributed by atoms with E-state index in [1.54, 1.807) is 6.07 Å². The molecule has 0 fully saturated rings. The lowest BCUT2D eigenvalue weighted by molar-refractivity contribution is -0.136. The van der Waals surface area contributed by atoms with Crippen molar-refractivity contribution >= 4 is 23.3 Å². The molecule has 0 heterocycles. The number of para-hydroxylation sites is 1. The van der Waals surface area contributed by atoms with E-state index >= 15 is 0 Å². The number of aromatic carboxylic acids is 1. The van der Waals surface area contributed by atoms with Crippen LogP contribution in [0, 0.1) is 0 Å². The second-order valence-electron chi connectivity index (χ2n) is 4.67. The van der Waals surface area contributed by atoms with Crippen LogP contribution in [0.4, 0.5) is 11.4 Å². The van der Waals surface area contributed by atoms with Gasteiger partial charge in [0, 0.05) is 17.8 Å². The monoisotopic (exact) mass is 318 g/mol. The minimum atomic E-state index is -1.19. The van der Waals surface area contributed by atoms with Crippen LogP contribution in [0.1, 0.15) is 22.3 Å². The zero-order valence-corrected chi connectivity index (χ0v) is 12.3. The molecule has 0 aliphatic carbocycles. The van der Waals surface area contributed by atoms with Gasteiger partial charge in [0.1, 0.15) is 11.3 Å². The molecule has 7 nitrogen and oxygen atoms in total. The van der Waals surface area contributed by atoms with Crippen LogP contribution in [-0.2, 0) is 11.2 Å². The van der Waals surface area contributed by atoms with E-state index in [0.717, 1.165) is 5.56 Å². The summed E-state index contributed by atoms with van der Waals surface area (Å²) >= 11 is 0. The molecule has 0 unspecified atom stereocenters. The average Bonchev–Trinajstić information content (AvgIpc) is 2.49. The Morgan fingerprint density at radius 3 is 2.17 bits per heavy atom. The molecule has 122 valence electrons. The Morgan fingerprint density at radius 2 is 1.65 bits per heavy atom. The highest BCUT2D eigenvalue weighted by Crippen LogP contribution is 2.19. The zero-order chi connectivity index (χ0) is 17.4. The largest absolute Gasteiger partial charge is 0.507 e. The van der Waals surface area contributed by atoms with Gasteiger partial charge in [0.2, 0.25) is 0 Å². The molecule has 7 N–H and O–H groups in total. The van der Waals surface area contributed by atoms with E-state index in [-0.39, 0.29) is 17.7 Å². The lowest BCUT2D eigenvalue weighted by atomic mass is 10.1. The van der Waals surface area contributed by atoms with Crippen LogP contribution < -0.4 is 11.5 Å². The first-order valence-corrected chi connectivity index (χ1v) is 6.68. The second kappa shape index (κ2) is 8.28. The fraction of sp³-hybridized carbons (Fsp3) is 0.125. The Morgan fingerprint density at radius 1 is 1.00 bits per heavy atom. The molecule has 0 amide bonds. The van der Waals surface area contributed by atoms with E-state index in [1.807, 2.05) is 18.2 Å². The Balaban J connectivity index is 0.000000231. The van der Waals surface area contributed by atoms with Crippen molar-refractivity contribution in [1.29, 1.82) is 0 Å². The van der Waals surface area contributed by atoms with Crippen molar-refractivity contribution in [3.05, 3.63) is 53.6 Å². The number of aromatic hydroxyl groups is 1. The predicted octanol–water partition coefficient (Wildman–Crippen LogP) is 1.96. The second-order valence-corrected chi connectivity index (χ2v) is 4.67. The molecule has 0 spiro atoms. The van der Waals surface area contributed by atoms with Crippen molar-refractivity contribution in [3.8, 4) is 5.75 Å². The summed E-state index contributed by atoms with van der Waals surface area (Å²) in [7, 11) is 0. The van der Waals surface area contributed by atoms with Crippen LogP contribution in [0.15, 0.2) is 42.5 Å². The lowest BCUT2D eigenvalue weighted by Crippen LogP contribution is -2.00. The Kier molecular flexibility index (Phi) is 6.42. The highest BCUT2D eigenvalue weighted by atomic mass is 16.4. The number of benzene rings is 2. The number of rotatable bonds is 4. The molecule has 0 atom stereocenters. The summed E-state index contributed by atoms with van der Waals surface area (Å²) < 4.78 is 0. The highest BCUT2D eigenvalue weighted by Gasteiger charge is 2.08. The zero-order valence-electron chi connectivity index (χ0n) is 12.3. The normalized spacial score (nSPS) is 9.57. The van der Waals surface area contributed by atoms with Crippen LogP contribution >= 0.6 is 0 Å². The summed E-state index contributed by atoms with van der Waals surface area (Å²) in [6.45, 7) is 0. The van der Waals surface area contributed by atoms with E-state index in [2.05, 4.69) is 0 Å². The van der Waals surface area contributed by atoms with Gasteiger partial charge in [-0.3, -0.25) is 4.79 Å². The maximum atomic E-state index is 10.4. The van der Waals surface area contributed by atoms with Crippen molar-refractivity contribution < 1.29 is 24.9 Å². The predicted molar refractivity (Wildman–Crippen MR) is 86.3 cm³/mol. The third-order valence-corrected chi connectivity index (χ3v) is 2.91. The molecule has 0 radical (unpaired) electrons. The maximum Gasteiger partial charge on any atom is 0.339 e. The molecule has 0 bridgehead atoms. The van der Waals surface area contributed by atoms with Gasteiger partial charge in [-0.1, -0.05) is 18.2 Å². The van der Waals surface area contributed by atoms with Crippen molar-refractivity contribution in [2.24, 2.45) is 0 Å². The van der Waals surface area contributed by atoms with E-state index in [4.69, 9.17) is 26.8 Å². The van der Waals surface area contributed by atoms with Gasteiger partial charge in [-0.25, -0.2) is 4.79 Å². The minimum Gasteiger partial charge on any atom is -0.507 e. The van der Waals surface area contributed by atoms with E-state index in [1.165, 1.54) is 18.2 Å². The number of hydrogen-bond acceptors (Lipinski definition) is 5. The summed E-state index contributed by atoms with van der Waals surface area (Å²) in [4.78, 5) is 20.6. The van der Waals surface area contributed by atoms with Crippen molar-refractivity contribution in [2.75, 3.05) is 11.5 Å². The van der Waals surface area contributed by atoms with Gasteiger partial charge in [-0.2, -0.15) is 0 Å². The number of aryl methyl sites for hydroxylation is 1. The molecule has 2 rings (SSSR count). The first-order valence-electron chi connectivity index (χ1n) is 6.68. The molecule has 2 aromatic rings. The summed E-state index contributed by atoms with van der Waals surface area (Å²) in [6, 6.07) is 11.2. The van der Waals surface area contributed by atoms with Crippen molar-refractivity contribution in [3.63, 3.8) is 0 Å². The van der Waals surface area contributed by atoms with Crippen LogP contribution in [0.2, 0.25) is 0 Å². The van der Waals surface area contributed by atoms with Crippen molar-refractivity contribution in [1.82, 2.24) is 0 Å². The summed E-state index contributed by atoms with van der Waals surface area (Å²) in [5, 5.41) is 25.9. The fourth-order valence-electron chi connectivity index (χ4n) is 1.73. The summed E-state index contributed by atoms with van der Waals surface area (Å²) in [5.74, 6) is -2.25. The number of carboxylic acids is 2. The molecule has 0 aliphatic heterocycles. The summed E-state index contributed by atoms with van der Waals surface area (Å²) in [6.07, 6.45) is 0.635. The Bertz CT molecular complexity index is 701. The molecular weight excluding hydrogens is 300 g/mol. The fourth-order valence-corrected chi connectivity index (χ4v) is 1.73. The molecule has 2 aromatic carbocycles. The molecule has 23 heavy (non-hydrogen) atoms. The molecule has 0 aliphatic rings. The number of carboxylic acid groups (broad SMARTS) is 2. The third kappa shape index (κ3) is 5.96. The number of aliphatic carboxylic acids is 1. The third-order valence-electron chi connectivity index (χ3n) is 2.91. The average molecular weight is 318 g/mol. The topological polar surface area (TPSA) is 147 Å². The van der Waals surface area contributed by atoms with Crippen LogP contribution in [0.5, 0.6) is 5.75 Å². The number of anilines is 2. The molecule has 0 aromatic heterocycles. The SMILES string of the molecule is Nc1ccc(O)c(C(=O)O)c1.Nc1ccccc1CCC(=O)O. The first kappa shape index (κ1) is 17.8. The van der Waals surface area contributed by atoms with Crippen LogP contribution in [0.3, 0.4) is 0 Å². The lowest BCUT2D eigenvalue weighted by Gasteiger charge is -2.01. The van der Waals surface area contributed by atoms with E-state index < -0.39 is 11.9 Å². The number of nitrogens with two attached hydrogens (primary N) is 2. The standard InChI is InChI=1S/C9H11NO2.C7H7NO3/c10-8-4-2-1-3-7(8)5-6-9(11)12;8-4-1-2-6(9)5(3-4)7(10)11/h1-4H,5-6,10H2,(H,11,12);1-3,9H,8H2,(H,10,11). The smallest absolute Gasteiger partial charge is 0.339 e. The van der Waals surface area contributed by atoms with E-state index in [9.17, 15) is 9.59 Å². The molecule has 0 saturated carbocycles. The Labute approximate surface area is 132 Å². The van der Waals surface area contributed by atoms with Gasteiger partial charge in [0.05, 0.1) is 0 Å². The molecule has 0 saturated heterocycles. The summed E-state index contributed by atoms with van der Waals surface area (Å²) in [5.41, 5.74) is 12.6. The molecule has 7 heteroatoms. The Hall–Kier alpha value is -3.22. The van der Waals surface area contributed by atoms with Gasteiger partial charge in [0.15, 0.2) is 0 Å². The number of hydrogen-bond donors (Lipinski definition) is 5. The van der Waals surface area contributed by atoms with E-state index in [0.29, 0.717) is 17.8 Å². The number of nitrogen functional groups attached to an aromatic ring is 2. The van der Waals surface area contributed by atoms with Gasteiger partial charge in [-0.15, -0.1) is 0 Å². The van der Waals surface area contributed by atoms with Crippen LogP contribution in [0.25, 0.3) is 0 Å².